The molecule has 1 aromatic heterocycles. The Morgan fingerprint density at radius 3 is 2.35 bits per heavy atom. The molecule has 1 aliphatic heterocycles. The molecular weight excluding hydrogens is 472 g/mol. The average molecular weight is 493 g/mol. The van der Waals surface area contributed by atoms with E-state index in [4.69, 9.17) is 4.52 Å². The van der Waals surface area contributed by atoms with Gasteiger partial charge in [0.2, 0.25) is 11.7 Å². The average Bonchev–Trinajstić information content (AvgIpc) is 3.34. The molecular formula is C24H20N4O4S2. The van der Waals surface area contributed by atoms with Crippen LogP contribution in [0.5, 0.6) is 0 Å². The Bertz CT molecular complexity index is 1440. The van der Waals surface area contributed by atoms with Gasteiger partial charge >= 0.3 is 6.03 Å². The molecule has 0 spiro atoms. The van der Waals surface area contributed by atoms with Crippen molar-refractivity contribution >= 4 is 33.5 Å². The van der Waals surface area contributed by atoms with Crippen LogP contribution in [-0.4, -0.2) is 35.2 Å². The van der Waals surface area contributed by atoms with Crippen molar-refractivity contribution in [1.29, 1.82) is 0 Å². The van der Waals surface area contributed by atoms with Gasteiger partial charge in [0, 0.05) is 10.5 Å². The summed E-state index contributed by atoms with van der Waals surface area (Å²) >= 11 is 1.63. The summed E-state index contributed by atoms with van der Waals surface area (Å²) in [5, 5.41) is 4.04. The van der Waals surface area contributed by atoms with Gasteiger partial charge in [-0.1, -0.05) is 47.6 Å². The van der Waals surface area contributed by atoms with Crippen LogP contribution < -0.4 is 4.90 Å². The Hall–Kier alpha value is -3.63. The van der Waals surface area contributed by atoms with Crippen molar-refractivity contribution in [2.24, 2.45) is 0 Å². The Morgan fingerprint density at radius 1 is 0.912 bits per heavy atom. The van der Waals surface area contributed by atoms with Crippen LogP contribution in [0.25, 0.3) is 11.4 Å². The fourth-order valence-electron chi connectivity index (χ4n) is 3.72. The first kappa shape index (κ1) is 22.2. The van der Waals surface area contributed by atoms with E-state index in [9.17, 15) is 13.2 Å². The summed E-state index contributed by atoms with van der Waals surface area (Å²) in [6.07, 6.45) is 2.00. The second-order valence-corrected chi connectivity index (χ2v) is 10.3. The molecule has 0 saturated heterocycles. The third kappa shape index (κ3) is 4.06. The van der Waals surface area contributed by atoms with Crippen molar-refractivity contribution in [2.75, 3.05) is 11.2 Å². The van der Waals surface area contributed by atoms with Gasteiger partial charge in [0.15, 0.2) is 0 Å². The van der Waals surface area contributed by atoms with Crippen molar-refractivity contribution in [3.8, 4) is 11.4 Å². The van der Waals surface area contributed by atoms with Crippen molar-refractivity contribution in [2.45, 2.75) is 22.9 Å². The molecule has 0 bridgehead atoms. The number of nitrogens with zero attached hydrogens (tertiary/aromatic N) is 4. The first-order chi connectivity index (χ1) is 16.5. The smallest absolute Gasteiger partial charge is 0.337 e. The number of sulfonamides is 1. The van der Waals surface area contributed by atoms with Crippen LogP contribution in [0, 0.1) is 0 Å². The standard InChI is InChI=1S/C24H20N4O4S2/c1-33-19-13-11-18(12-14-19)23-25-22(32-26-23)16-27-20-9-5-6-10-21(20)34(30,31)28(24(27)29)15-17-7-3-2-4-8-17/h2-14H,15-16H2,1H3. The van der Waals surface area contributed by atoms with Gasteiger partial charge < -0.3 is 4.52 Å². The highest BCUT2D eigenvalue weighted by molar-refractivity contribution is 7.98. The molecule has 3 aromatic carbocycles. The molecule has 8 nitrogen and oxygen atoms in total. The first-order valence-corrected chi connectivity index (χ1v) is 13.1. The number of aromatic nitrogens is 2. The summed E-state index contributed by atoms with van der Waals surface area (Å²) in [5.74, 6) is 0.597. The van der Waals surface area contributed by atoms with Crippen LogP contribution in [0.1, 0.15) is 11.5 Å². The normalized spacial score (nSPS) is 14.8. The van der Waals surface area contributed by atoms with E-state index >= 15 is 0 Å². The molecule has 0 aliphatic carbocycles. The predicted molar refractivity (Wildman–Crippen MR) is 129 cm³/mol. The Balaban J connectivity index is 1.48. The fourth-order valence-corrected chi connectivity index (χ4v) is 5.69. The molecule has 0 N–H and O–H groups in total. The third-order valence-electron chi connectivity index (χ3n) is 5.45. The van der Waals surface area contributed by atoms with Gasteiger partial charge in [-0.15, -0.1) is 11.8 Å². The lowest BCUT2D eigenvalue weighted by atomic mass is 10.2. The molecule has 0 unspecified atom stereocenters. The highest BCUT2D eigenvalue weighted by atomic mass is 32.2. The molecule has 10 heteroatoms. The number of urea groups is 1. The molecule has 0 radical (unpaired) electrons. The monoisotopic (exact) mass is 492 g/mol. The fraction of sp³-hybridized carbons (Fsp3) is 0.125. The summed E-state index contributed by atoms with van der Waals surface area (Å²) in [6.45, 7) is -0.143. The zero-order valence-corrected chi connectivity index (χ0v) is 19.8. The summed E-state index contributed by atoms with van der Waals surface area (Å²) in [7, 11) is -4.03. The second-order valence-electron chi connectivity index (χ2n) is 7.57. The van der Waals surface area contributed by atoms with E-state index in [1.54, 1.807) is 54.2 Å². The minimum absolute atomic E-state index is 0.0536. The lowest BCUT2D eigenvalue weighted by Gasteiger charge is -2.35. The van der Waals surface area contributed by atoms with Crippen LogP contribution in [0.2, 0.25) is 0 Å². The van der Waals surface area contributed by atoms with Crippen LogP contribution >= 0.6 is 11.8 Å². The van der Waals surface area contributed by atoms with Gasteiger partial charge in [-0.2, -0.15) is 4.98 Å². The first-order valence-electron chi connectivity index (χ1n) is 10.4. The second kappa shape index (κ2) is 8.96. The van der Waals surface area contributed by atoms with E-state index < -0.39 is 16.1 Å². The van der Waals surface area contributed by atoms with Gasteiger partial charge in [0.05, 0.1) is 12.2 Å². The van der Waals surface area contributed by atoms with Crippen LogP contribution in [0.4, 0.5) is 10.5 Å². The number of carbonyl (C=O) groups excluding carboxylic acids is 1. The lowest BCUT2D eigenvalue weighted by molar-refractivity contribution is 0.225. The molecule has 0 atom stereocenters. The van der Waals surface area contributed by atoms with E-state index in [0.717, 1.165) is 14.8 Å². The number of hydrogen-bond donors (Lipinski definition) is 0. The topological polar surface area (TPSA) is 96.6 Å². The zero-order chi connectivity index (χ0) is 23.7. The van der Waals surface area contributed by atoms with Crippen LogP contribution in [0.15, 0.2) is 93.2 Å². The van der Waals surface area contributed by atoms with E-state index in [0.29, 0.717) is 11.4 Å². The minimum Gasteiger partial charge on any atom is -0.337 e. The molecule has 34 heavy (non-hydrogen) atoms. The maximum absolute atomic E-state index is 13.4. The third-order valence-corrected chi connectivity index (χ3v) is 7.96. The number of hydrogen-bond acceptors (Lipinski definition) is 7. The minimum atomic E-state index is -4.03. The molecule has 4 aromatic rings. The molecule has 5 rings (SSSR count). The number of thioether (sulfide) groups is 1. The molecule has 0 saturated carbocycles. The van der Waals surface area contributed by atoms with E-state index in [-0.39, 0.29) is 29.6 Å². The summed E-state index contributed by atoms with van der Waals surface area (Å²) in [5.41, 5.74) is 1.76. The van der Waals surface area contributed by atoms with Gasteiger partial charge in [-0.25, -0.2) is 17.5 Å². The summed E-state index contributed by atoms with van der Waals surface area (Å²) in [6, 6.07) is 22.5. The lowest BCUT2D eigenvalue weighted by Crippen LogP contribution is -2.50. The highest BCUT2D eigenvalue weighted by Crippen LogP contribution is 2.36. The quantitative estimate of drug-likeness (QED) is 0.357. The molecule has 2 amide bonds. The number of benzene rings is 3. The predicted octanol–water partition coefficient (Wildman–Crippen LogP) is 4.79. The largest absolute Gasteiger partial charge is 0.339 e. The van der Waals surface area contributed by atoms with Gasteiger partial charge in [0.1, 0.15) is 11.4 Å². The Labute approximate surface area is 201 Å². The van der Waals surface area contributed by atoms with E-state index in [1.807, 2.05) is 36.6 Å². The van der Waals surface area contributed by atoms with Gasteiger partial charge in [-0.3, -0.25) is 4.90 Å². The summed E-state index contributed by atoms with van der Waals surface area (Å²) < 4.78 is 32.9. The Kier molecular flexibility index (Phi) is 5.84. The van der Waals surface area contributed by atoms with Crippen molar-refractivity contribution < 1.29 is 17.7 Å². The number of para-hydroxylation sites is 1. The molecule has 2 heterocycles. The summed E-state index contributed by atoms with van der Waals surface area (Å²) in [4.78, 5) is 20.4. The molecule has 1 aliphatic rings. The molecule has 0 fully saturated rings. The zero-order valence-electron chi connectivity index (χ0n) is 18.2. The van der Waals surface area contributed by atoms with Crippen molar-refractivity contribution in [1.82, 2.24) is 14.4 Å². The number of amides is 2. The maximum Gasteiger partial charge on any atom is 0.339 e. The number of anilines is 1. The van der Waals surface area contributed by atoms with Crippen molar-refractivity contribution in [3.63, 3.8) is 0 Å². The highest BCUT2D eigenvalue weighted by Gasteiger charge is 2.41. The van der Waals surface area contributed by atoms with Crippen LogP contribution in [-0.2, 0) is 23.1 Å². The Morgan fingerprint density at radius 2 is 1.62 bits per heavy atom. The number of carbonyl (C=O) groups is 1. The molecule has 172 valence electrons. The van der Waals surface area contributed by atoms with Crippen molar-refractivity contribution in [3.05, 3.63) is 90.3 Å². The van der Waals surface area contributed by atoms with Gasteiger partial charge in [-0.05, 0) is 48.2 Å². The number of rotatable bonds is 6. The van der Waals surface area contributed by atoms with E-state index in [2.05, 4.69) is 10.1 Å². The van der Waals surface area contributed by atoms with E-state index in [1.165, 1.54) is 11.0 Å². The SMILES string of the molecule is CSc1ccc(-c2noc(CN3C(=O)N(Cc4ccccc4)S(=O)(=O)c4ccccc43)n2)cc1. The number of fused-ring (bicyclic) bond motifs is 1. The maximum atomic E-state index is 13.4. The van der Waals surface area contributed by atoms with Gasteiger partial charge in [0.25, 0.3) is 10.0 Å². The van der Waals surface area contributed by atoms with Crippen LogP contribution in [0.3, 0.4) is 0 Å².